The molecule has 0 N–H and O–H groups in total. The third-order valence-electron chi connectivity index (χ3n) is 3.67. The fourth-order valence-electron chi connectivity index (χ4n) is 2.96. The lowest BCUT2D eigenvalue weighted by Crippen LogP contribution is -2.10. The van der Waals surface area contributed by atoms with Crippen molar-refractivity contribution in [2.75, 3.05) is 0 Å². The van der Waals surface area contributed by atoms with Crippen molar-refractivity contribution in [1.82, 2.24) is 0 Å². The molecule has 0 saturated carbocycles. The van der Waals surface area contributed by atoms with Gasteiger partial charge in [0.25, 0.3) is 0 Å². The number of hydrogen-bond donors (Lipinski definition) is 0. The van der Waals surface area contributed by atoms with Crippen molar-refractivity contribution in [1.29, 1.82) is 0 Å². The van der Waals surface area contributed by atoms with E-state index in [-0.39, 0.29) is 0 Å². The third kappa shape index (κ3) is 1.96. The van der Waals surface area contributed by atoms with Gasteiger partial charge >= 0.3 is 0 Å². The van der Waals surface area contributed by atoms with Gasteiger partial charge in [-0.3, -0.25) is 0 Å². The minimum absolute atomic E-state index is 0.351. The summed E-state index contributed by atoms with van der Waals surface area (Å²) in [7, 11) is 0. The van der Waals surface area contributed by atoms with Crippen molar-refractivity contribution in [3.8, 4) is 11.1 Å². The van der Waals surface area contributed by atoms with Gasteiger partial charge in [-0.1, -0.05) is 63.2 Å². The number of benzene rings is 2. The van der Waals surface area contributed by atoms with Crippen LogP contribution >= 0.6 is 0 Å². The minimum Gasteiger partial charge on any atom is -0.0619 e. The van der Waals surface area contributed by atoms with Gasteiger partial charge in [-0.25, -0.2) is 0 Å². The van der Waals surface area contributed by atoms with E-state index in [4.69, 9.17) is 0 Å². The summed E-state index contributed by atoms with van der Waals surface area (Å²) in [6.45, 7) is 6.94. The van der Waals surface area contributed by atoms with Crippen molar-refractivity contribution >= 4 is 0 Å². The second kappa shape index (κ2) is 3.98. The molecule has 0 amide bonds. The van der Waals surface area contributed by atoms with Gasteiger partial charge in [-0.2, -0.15) is 0 Å². The number of hydrogen-bond acceptors (Lipinski definition) is 0. The molecule has 92 valence electrons. The van der Waals surface area contributed by atoms with Crippen molar-refractivity contribution in [3.63, 3.8) is 0 Å². The van der Waals surface area contributed by atoms with Gasteiger partial charge < -0.3 is 0 Å². The molecular formula is C18H20. The summed E-state index contributed by atoms with van der Waals surface area (Å²) >= 11 is 0. The molecule has 2 aromatic rings. The zero-order valence-corrected chi connectivity index (χ0v) is 11.5. The van der Waals surface area contributed by atoms with Crippen LogP contribution in [0.3, 0.4) is 0 Å². The van der Waals surface area contributed by atoms with Gasteiger partial charge in [0.15, 0.2) is 0 Å². The van der Waals surface area contributed by atoms with Crippen LogP contribution in [0.5, 0.6) is 0 Å². The Balaban J connectivity index is 2.09. The molecule has 0 radical (unpaired) electrons. The molecule has 0 spiro atoms. The first-order valence-electron chi connectivity index (χ1n) is 6.74. The van der Waals surface area contributed by atoms with Crippen LogP contribution in [0, 0.1) is 5.41 Å². The number of rotatable bonds is 1. The molecule has 0 heterocycles. The van der Waals surface area contributed by atoms with Crippen LogP contribution in [0.15, 0.2) is 42.5 Å². The summed E-state index contributed by atoms with van der Waals surface area (Å²) in [4.78, 5) is 0. The lowest BCUT2D eigenvalue weighted by Gasteiger charge is -2.20. The van der Waals surface area contributed by atoms with Crippen molar-refractivity contribution in [2.45, 2.75) is 33.6 Å². The second-order valence-electron chi connectivity index (χ2n) is 6.51. The van der Waals surface area contributed by atoms with Crippen molar-refractivity contribution in [3.05, 3.63) is 59.2 Å². The van der Waals surface area contributed by atoms with E-state index in [9.17, 15) is 0 Å². The van der Waals surface area contributed by atoms with E-state index in [0.717, 1.165) is 12.8 Å². The van der Waals surface area contributed by atoms with E-state index < -0.39 is 0 Å². The first kappa shape index (κ1) is 11.5. The van der Waals surface area contributed by atoms with E-state index in [0.29, 0.717) is 5.41 Å². The molecule has 0 fully saturated rings. The topological polar surface area (TPSA) is 0 Å². The van der Waals surface area contributed by atoms with Crippen LogP contribution < -0.4 is 0 Å². The van der Waals surface area contributed by atoms with Crippen molar-refractivity contribution in [2.24, 2.45) is 5.41 Å². The van der Waals surface area contributed by atoms with E-state index >= 15 is 0 Å². The Hall–Kier alpha value is -1.56. The zero-order valence-electron chi connectivity index (χ0n) is 11.5. The van der Waals surface area contributed by atoms with Gasteiger partial charge in [0.2, 0.25) is 0 Å². The summed E-state index contributed by atoms with van der Waals surface area (Å²) in [5, 5.41) is 0. The lowest BCUT2D eigenvalue weighted by molar-refractivity contribution is 0.410. The molecule has 0 heteroatoms. The largest absolute Gasteiger partial charge is 0.0619 e. The monoisotopic (exact) mass is 236 g/mol. The molecule has 0 nitrogen and oxygen atoms in total. The highest BCUT2D eigenvalue weighted by Gasteiger charge is 2.22. The molecule has 0 bridgehead atoms. The molecule has 0 aliphatic heterocycles. The Bertz CT molecular complexity index is 585. The fourth-order valence-corrected chi connectivity index (χ4v) is 2.96. The highest BCUT2D eigenvalue weighted by molar-refractivity contribution is 5.77. The van der Waals surface area contributed by atoms with Crippen LogP contribution in [0.4, 0.5) is 0 Å². The molecule has 18 heavy (non-hydrogen) atoms. The molecule has 0 saturated heterocycles. The standard InChI is InChI=1S/C18H20/c1-18(2,3)12-14-8-6-10-16-15-9-5-4-7-13(15)11-17(14)16/h4-10H,11-12H2,1-3H3. The lowest BCUT2D eigenvalue weighted by atomic mass is 9.85. The Morgan fingerprint density at radius 1 is 0.889 bits per heavy atom. The molecule has 0 atom stereocenters. The van der Waals surface area contributed by atoms with Crippen LogP contribution in [-0.4, -0.2) is 0 Å². The van der Waals surface area contributed by atoms with Crippen LogP contribution in [0.2, 0.25) is 0 Å². The van der Waals surface area contributed by atoms with Gasteiger partial charge in [0.1, 0.15) is 0 Å². The van der Waals surface area contributed by atoms with Gasteiger partial charge in [0.05, 0.1) is 0 Å². The highest BCUT2D eigenvalue weighted by Crippen LogP contribution is 2.39. The Morgan fingerprint density at radius 3 is 2.39 bits per heavy atom. The molecule has 1 aliphatic carbocycles. The van der Waals surface area contributed by atoms with Crippen LogP contribution in [0.1, 0.15) is 37.5 Å². The Morgan fingerprint density at radius 2 is 1.61 bits per heavy atom. The minimum atomic E-state index is 0.351. The highest BCUT2D eigenvalue weighted by atomic mass is 14.3. The maximum Gasteiger partial charge on any atom is -0.00107 e. The van der Waals surface area contributed by atoms with E-state index in [2.05, 4.69) is 63.2 Å². The average Bonchev–Trinajstić information content (AvgIpc) is 2.67. The van der Waals surface area contributed by atoms with Crippen molar-refractivity contribution < 1.29 is 0 Å². The molecule has 0 unspecified atom stereocenters. The third-order valence-corrected chi connectivity index (χ3v) is 3.67. The summed E-state index contributed by atoms with van der Waals surface area (Å²) in [6.07, 6.45) is 2.27. The van der Waals surface area contributed by atoms with Crippen LogP contribution in [0.25, 0.3) is 11.1 Å². The molecule has 2 aromatic carbocycles. The summed E-state index contributed by atoms with van der Waals surface area (Å²) in [5.41, 5.74) is 7.79. The first-order valence-corrected chi connectivity index (χ1v) is 6.74. The quantitative estimate of drug-likeness (QED) is 0.567. The normalized spacial score (nSPS) is 13.3. The van der Waals surface area contributed by atoms with E-state index in [1.54, 1.807) is 5.56 Å². The Labute approximate surface area is 110 Å². The fraction of sp³-hybridized carbons (Fsp3) is 0.333. The SMILES string of the molecule is CC(C)(C)Cc1cccc2c1Cc1ccccc1-2. The predicted octanol–water partition coefficient (Wildman–Crippen LogP) is 4.85. The maximum atomic E-state index is 2.31. The van der Waals surface area contributed by atoms with E-state index in [1.807, 2.05) is 0 Å². The predicted molar refractivity (Wildman–Crippen MR) is 77.8 cm³/mol. The van der Waals surface area contributed by atoms with E-state index in [1.165, 1.54) is 22.3 Å². The van der Waals surface area contributed by atoms with Crippen LogP contribution in [-0.2, 0) is 12.8 Å². The maximum absolute atomic E-state index is 2.31. The van der Waals surface area contributed by atoms with Gasteiger partial charge in [-0.05, 0) is 46.1 Å². The zero-order chi connectivity index (χ0) is 12.8. The van der Waals surface area contributed by atoms with Gasteiger partial charge in [0, 0.05) is 0 Å². The summed E-state index contributed by atoms with van der Waals surface area (Å²) < 4.78 is 0. The Kier molecular flexibility index (Phi) is 2.55. The smallest absolute Gasteiger partial charge is 0.00107 e. The molecule has 1 aliphatic rings. The van der Waals surface area contributed by atoms with Gasteiger partial charge in [-0.15, -0.1) is 0 Å². The molecule has 0 aromatic heterocycles. The summed E-state index contributed by atoms with van der Waals surface area (Å²) in [6, 6.07) is 15.6. The second-order valence-corrected chi connectivity index (χ2v) is 6.51. The molecular weight excluding hydrogens is 216 g/mol. The average molecular weight is 236 g/mol. The molecule has 3 rings (SSSR count). The first-order chi connectivity index (χ1) is 8.54. The summed E-state index contributed by atoms with van der Waals surface area (Å²) in [5.74, 6) is 0. The number of fused-ring (bicyclic) bond motifs is 3.